The molecule has 1 aromatic rings. The summed E-state index contributed by atoms with van der Waals surface area (Å²) in [6, 6.07) is 0. The molecule has 1 saturated heterocycles. The van der Waals surface area contributed by atoms with Crippen LogP contribution in [0.2, 0.25) is 0 Å². The number of piperazine rings is 1. The minimum absolute atomic E-state index is 0.241. The predicted molar refractivity (Wildman–Crippen MR) is 63.1 cm³/mol. The number of carbonyl (C=O) groups excluding carboxylic acids is 1. The number of hydrogen-bond acceptors (Lipinski definition) is 6. The molecular weight excluding hydrogens is 220 g/mol. The Labute approximate surface area is 100 Å². The molecule has 1 aromatic heterocycles. The Morgan fingerprint density at radius 2 is 1.94 bits per heavy atom. The maximum absolute atomic E-state index is 11.2. The molecule has 17 heavy (non-hydrogen) atoms. The first-order valence-corrected chi connectivity index (χ1v) is 5.54. The quantitative estimate of drug-likeness (QED) is 0.674. The Bertz CT molecular complexity index is 385. The SMILES string of the molecule is COC(=O)c1cnc(N2CCN(C)CC2)cn1. The molecule has 0 unspecified atom stereocenters. The molecule has 92 valence electrons. The Kier molecular flexibility index (Phi) is 3.53. The van der Waals surface area contributed by atoms with Gasteiger partial charge in [0, 0.05) is 26.2 Å². The summed E-state index contributed by atoms with van der Waals surface area (Å²) in [5.41, 5.74) is 0.241. The third kappa shape index (κ3) is 2.71. The molecule has 6 nitrogen and oxygen atoms in total. The van der Waals surface area contributed by atoms with Crippen molar-refractivity contribution in [3.05, 3.63) is 18.1 Å². The van der Waals surface area contributed by atoms with Gasteiger partial charge in [-0.25, -0.2) is 14.8 Å². The van der Waals surface area contributed by atoms with Crippen LogP contribution in [0.5, 0.6) is 0 Å². The van der Waals surface area contributed by atoms with Gasteiger partial charge in [-0.05, 0) is 7.05 Å². The second kappa shape index (κ2) is 5.09. The number of anilines is 1. The molecule has 0 atom stereocenters. The van der Waals surface area contributed by atoms with Gasteiger partial charge in [0.05, 0.1) is 19.5 Å². The number of likely N-dealkylation sites (N-methyl/N-ethyl adjacent to an activating group) is 1. The van der Waals surface area contributed by atoms with E-state index in [1.807, 2.05) is 0 Å². The first-order valence-electron chi connectivity index (χ1n) is 5.54. The molecule has 2 heterocycles. The molecule has 0 radical (unpaired) electrons. The molecule has 0 amide bonds. The van der Waals surface area contributed by atoms with Crippen LogP contribution in [-0.4, -0.2) is 61.2 Å². The maximum Gasteiger partial charge on any atom is 0.358 e. The number of esters is 1. The number of methoxy groups -OCH3 is 1. The van der Waals surface area contributed by atoms with Crippen LogP contribution < -0.4 is 4.90 Å². The Morgan fingerprint density at radius 3 is 2.47 bits per heavy atom. The minimum atomic E-state index is -0.456. The summed E-state index contributed by atoms with van der Waals surface area (Å²) < 4.78 is 4.57. The third-order valence-electron chi connectivity index (χ3n) is 2.86. The highest BCUT2D eigenvalue weighted by Crippen LogP contribution is 2.11. The van der Waals surface area contributed by atoms with Crippen molar-refractivity contribution in [3.63, 3.8) is 0 Å². The number of ether oxygens (including phenoxy) is 1. The molecule has 0 N–H and O–H groups in total. The molecule has 1 fully saturated rings. The third-order valence-corrected chi connectivity index (χ3v) is 2.86. The number of hydrogen-bond donors (Lipinski definition) is 0. The minimum Gasteiger partial charge on any atom is -0.464 e. The highest BCUT2D eigenvalue weighted by Gasteiger charge is 2.16. The second-order valence-electron chi connectivity index (χ2n) is 4.04. The molecule has 1 aliphatic rings. The van der Waals surface area contributed by atoms with Crippen molar-refractivity contribution in [3.8, 4) is 0 Å². The highest BCUT2D eigenvalue weighted by atomic mass is 16.5. The van der Waals surface area contributed by atoms with Gasteiger partial charge in [0.1, 0.15) is 5.82 Å². The summed E-state index contributed by atoms with van der Waals surface area (Å²) in [5, 5.41) is 0. The van der Waals surface area contributed by atoms with E-state index in [1.165, 1.54) is 13.3 Å². The summed E-state index contributed by atoms with van der Waals surface area (Å²) >= 11 is 0. The van der Waals surface area contributed by atoms with Gasteiger partial charge in [-0.15, -0.1) is 0 Å². The van der Waals surface area contributed by atoms with Crippen molar-refractivity contribution in [1.29, 1.82) is 0 Å². The van der Waals surface area contributed by atoms with Crippen molar-refractivity contribution in [2.75, 3.05) is 45.2 Å². The molecule has 2 rings (SSSR count). The maximum atomic E-state index is 11.2. The Hall–Kier alpha value is -1.69. The average Bonchev–Trinajstić information content (AvgIpc) is 2.39. The Morgan fingerprint density at radius 1 is 1.24 bits per heavy atom. The van der Waals surface area contributed by atoms with E-state index in [9.17, 15) is 4.79 Å². The van der Waals surface area contributed by atoms with Crippen LogP contribution in [0.15, 0.2) is 12.4 Å². The molecule has 0 saturated carbocycles. The van der Waals surface area contributed by atoms with Gasteiger partial charge in [-0.2, -0.15) is 0 Å². The zero-order valence-corrected chi connectivity index (χ0v) is 10.1. The van der Waals surface area contributed by atoms with E-state index in [1.54, 1.807) is 6.20 Å². The van der Waals surface area contributed by atoms with Gasteiger partial charge in [0.2, 0.25) is 0 Å². The van der Waals surface area contributed by atoms with Crippen molar-refractivity contribution in [2.24, 2.45) is 0 Å². The second-order valence-corrected chi connectivity index (χ2v) is 4.04. The van der Waals surface area contributed by atoms with Gasteiger partial charge in [0.15, 0.2) is 5.69 Å². The fraction of sp³-hybridized carbons (Fsp3) is 0.545. The topological polar surface area (TPSA) is 58.6 Å². The molecular formula is C11H16N4O2. The van der Waals surface area contributed by atoms with Crippen molar-refractivity contribution >= 4 is 11.8 Å². The Balaban J connectivity index is 2.05. The molecule has 0 aliphatic carbocycles. The molecule has 1 aliphatic heterocycles. The lowest BCUT2D eigenvalue weighted by Gasteiger charge is -2.32. The molecule has 0 spiro atoms. The van der Waals surface area contributed by atoms with Crippen LogP contribution in [0.3, 0.4) is 0 Å². The van der Waals surface area contributed by atoms with Gasteiger partial charge < -0.3 is 14.5 Å². The zero-order valence-electron chi connectivity index (χ0n) is 10.1. The van der Waals surface area contributed by atoms with E-state index >= 15 is 0 Å². The largest absolute Gasteiger partial charge is 0.464 e. The summed E-state index contributed by atoms with van der Waals surface area (Å²) in [7, 11) is 3.43. The van der Waals surface area contributed by atoms with Crippen molar-refractivity contribution in [2.45, 2.75) is 0 Å². The highest BCUT2D eigenvalue weighted by molar-refractivity contribution is 5.86. The fourth-order valence-corrected chi connectivity index (χ4v) is 1.73. The summed E-state index contributed by atoms with van der Waals surface area (Å²) in [6.45, 7) is 3.90. The van der Waals surface area contributed by atoms with Gasteiger partial charge >= 0.3 is 5.97 Å². The molecule has 6 heteroatoms. The number of aromatic nitrogens is 2. The van der Waals surface area contributed by atoms with E-state index in [2.05, 4.69) is 31.6 Å². The van der Waals surface area contributed by atoms with Crippen LogP contribution in [-0.2, 0) is 4.74 Å². The van der Waals surface area contributed by atoms with Crippen LogP contribution in [0.25, 0.3) is 0 Å². The van der Waals surface area contributed by atoms with Crippen molar-refractivity contribution < 1.29 is 9.53 Å². The molecule has 0 aromatic carbocycles. The van der Waals surface area contributed by atoms with Crippen LogP contribution in [0.4, 0.5) is 5.82 Å². The summed E-state index contributed by atoms with van der Waals surface area (Å²) in [4.78, 5) is 23.9. The lowest BCUT2D eigenvalue weighted by Crippen LogP contribution is -2.44. The first kappa shape index (κ1) is 11.8. The predicted octanol–water partition coefficient (Wildman–Crippen LogP) is 0.0150. The van der Waals surface area contributed by atoms with E-state index in [0.717, 1.165) is 32.0 Å². The fourth-order valence-electron chi connectivity index (χ4n) is 1.73. The van der Waals surface area contributed by atoms with Crippen LogP contribution in [0.1, 0.15) is 10.5 Å². The lowest BCUT2D eigenvalue weighted by atomic mass is 10.3. The standard InChI is InChI=1S/C11H16N4O2/c1-14-3-5-15(6-4-14)10-8-12-9(7-13-10)11(16)17-2/h7-8H,3-6H2,1-2H3. The van der Waals surface area contributed by atoms with E-state index in [4.69, 9.17) is 0 Å². The van der Waals surface area contributed by atoms with E-state index in [0.29, 0.717) is 0 Å². The van der Waals surface area contributed by atoms with Gasteiger partial charge in [0.25, 0.3) is 0 Å². The van der Waals surface area contributed by atoms with Crippen LogP contribution in [0, 0.1) is 0 Å². The monoisotopic (exact) mass is 236 g/mol. The average molecular weight is 236 g/mol. The van der Waals surface area contributed by atoms with E-state index < -0.39 is 5.97 Å². The summed E-state index contributed by atoms with van der Waals surface area (Å²) in [6.07, 6.45) is 3.08. The van der Waals surface area contributed by atoms with Crippen LogP contribution >= 0.6 is 0 Å². The van der Waals surface area contributed by atoms with Crippen molar-refractivity contribution in [1.82, 2.24) is 14.9 Å². The normalized spacial score (nSPS) is 16.9. The smallest absolute Gasteiger partial charge is 0.358 e. The lowest BCUT2D eigenvalue weighted by molar-refractivity contribution is 0.0593. The summed E-state index contributed by atoms with van der Waals surface area (Å²) in [5.74, 6) is 0.355. The first-order chi connectivity index (χ1) is 8.20. The number of rotatable bonds is 2. The zero-order chi connectivity index (χ0) is 12.3. The number of nitrogens with zero attached hydrogens (tertiary/aromatic N) is 4. The molecule has 0 bridgehead atoms. The number of carbonyl (C=O) groups is 1. The van der Waals surface area contributed by atoms with E-state index in [-0.39, 0.29) is 5.69 Å². The van der Waals surface area contributed by atoms with Gasteiger partial charge in [-0.3, -0.25) is 0 Å². The van der Waals surface area contributed by atoms with Gasteiger partial charge in [-0.1, -0.05) is 0 Å².